The Bertz CT molecular complexity index is 514. The Balaban J connectivity index is 2.11. The van der Waals surface area contributed by atoms with Crippen molar-refractivity contribution < 1.29 is 14.0 Å². The van der Waals surface area contributed by atoms with Crippen LogP contribution in [0, 0.1) is 12.8 Å². The van der Waals surface area contributed by atoms with Crippen LogP contribution in [0.25, 0.3) is 0 Å². The summed E-state index contributed by atoms with van der Waals surface area (Å²) in [4.78, 5) is 29.6. The highest BCUT2D eigenvalue weighted by Gasteiger charge is 2.30. The second-order valence-electron chi connectivity index (χ2n) is 5.57. The zero-order valence-corrected chi connectivity index (χ0v) is 12.2. The summed E-state index contributed by atoms with van der Waals surface area (Å²) in [6.45, 7) is 6.76. The van der Waals surface area contributed by atoms with E-state index in [1.165, 1.54) is 0 Å². The minimum Gasteiger partial charge on any atom is -0.436 e. The second kappa shape index (κ2) is 5.64. The number of likely N-dealkylation sites (tertiary alicyclic amines) is 1. The van der Waals surface area contributed by atoms with Crippen LogP contribution in [0.5, 0.6) is 0 Å². The number of carbonyl (C=O) groups is 2. The average molecular weight is 279 g/mol. The number of aromatic nitrogens is 1. The van der Waals surface area contributed by atoms with E-state index in [1.807, 2.05) is 13.8 Å². The van der Waals surface area contributed by atoms with Crippen LogP contribution in [-0.2, 0) is 4.79 Å². The predicted octanol–water partition coefficient (Wildman–Crippen LogP) is 1.44. The number of oxazole rings is 1. The molecule has 0 aliphatic carbocycles. The van der Waals surface area contributed by atoms with Crippen LogP contribution in [0.1, 0.15) is 54.7 Å². The van der Waals surface area contributed by atoms with E-state index in [1.54, 1.807) is 11.8 Å². The molecule has 20 heavy (non-hydrogen) atoms. The Morgan fingerprint density at radius 2 is 1.95 bits per heavy atom. The molecule has 2 N–H and O–H groups in total. The normalized spacial score (nSPS) is 16.7. The van der Waals surface area contributed by atoms with E-state index in [0.29, 0.717) is 43.3 Å². The third-order valence-corrected chi connectivity index (χ3v) is 3.69. The maximum atomic E-state index is 12.5. The third-order valence-electron chi connectivity index (χ3n) is 3.69. The molecule has 0 radical (unpaired) electrons. The van der Waals surface area contributed by atoms with Crippen molar-refractivity contribution in [3.05, 3.63) is 17.3 Å². The van der Waals surface area contributed by atoms with Gasteiger partial charge in [0.05, 0.1) is 5.69 Å². The summed E-state index contributed by atoms with van der Waals surface area (Å²) in [6, 6.07) is 0. The first-order valence-electron chi connectivity index (χ1n) is 6.96. The van der Waals surface area contributed by atoms with Crippen molar-refractivity contribution in [2.24, 2.45) is 11.7 Å². The molecule has 0 spiro atoms. The van der Waals surface area contributed by atoms with Gasteiger partial charge in [0, 0.05) is 25.9 Å². The van der Waals surface area contributed by atoms with Crippen molar-refractivity contribution in [3.63, 3.8) is 0 Å². The smallest absolute Gasteiger partial charge is 0.291 e. The fraction of sp³-hybridized carbons (Fsp3) is 0.643. The highest BCUT2D eigenvalue weighted by atomic mass is 16.4. The van der Waals surface area contributed by atoms with E-state index >= 15 is 0 Å². The third kappa shape index (κ3) is 2.84. The number of amides is 2. The van der Waals surface area contributed by atoms with Gasteiger partial charge in [-0.1, -0.05) is 13.8 Å². The van der Waals surface area contributed by atoms with E-state index in [0.717, 1.165) is 0 Å². The average Bonchev–Trinajstić information content (AvgIpc) is 2.80. The van der Waals surface area contributed by atoms with Crippen LogP contribution in [0.3, 0.4) is 0 Å². The Kier molecular flexibility index (Phi) is 4.11. The zero-order chi connectivity index (χ0) is 14.9. The number of aryl methyl sites for hydroxylation is 1. The van der Waals surface area contributed by atoms with Gasteiger partial charge in [-0.05, 0) is 18.8 Å². The largest absolute Gasteiger partial charge is 0.436 e. The molecule has 1 aromatic rings. The van der Waals surface area contributed by atoms with Crippen molar-refractivity contribution in [1.82, 2.24) is 9.88 Å². The van der Waals surface area contributed by atoms with Crippen LogP contribution in [0.4, 0.5) is 0 Å². The molecule has 2 amide bonds. The number of rotatable bonds is 3. The highest BCUT2D eigenvalue weighted by Crippen LogP contribution is 2.24. The van der Waals surface area contributed by atoms with E-state index in [2.05, 4.69) is 4.98 Å². The monoisotopic (exact) mass is 279 g/mol. The van der Waals surface area contributed by atoms with Crippen molar-refractivity contribution in [2.45, 2.75) is 39.5 Å². The molecule has 1 saturated heterocycles. The highest BCUT2D eigenvalue weighted by molar-refractivity contribution is 5.93. The fourth-order valence-electron chi connectivity index (χ4n) is 2.50. The van der Waals surface area contributed by atoms with E-state index in [-0.39, 0.29) is 23.7 Å². The molecule has 0 bridgehead atoms. The molecule has 0 unspecified atom stereocenters. The minimum atomic E-state index is -0.282. The van der Waals surface area contributed by atoms with E-state index in [4.69, 9.17) is 10.2 Å². The molecule has 0 saturated carbocycles. The van der Waals surface area contributed by atoms with Crippen LogP contribution in [0.2, 0.25) is 0 Å². The van der Waals surface area contributed by atoms with Gasteiger partial charge in [0.25, 0.3) is 5.91 Å². The Hall–Kier alpha value is -1.85. The summed E-state index contributed by atoms with van der Waals surface area (Å²) in [5, 5.41) is 0. The molecule has 1 fully saturated rings. The van der Waals surface area contributed by atoms with Crippen LogP contribution in [0.15, 0.2) is 4.42 Å². The first-order chi connectivity index (χ1) is 9.40. The molecule has 6 heteroatoms. The summed E-state index contributed by atoms with van der Waals surface area (Å²) in [5.74, 6) is 0.418. The van der Waals surface area contributed by atoms with Gasteiger partial charge in [-0.2, -0.15) is 0 Å². The molecule has 1 aliphatic heterocycles. The van der Waals surface area contributed by atoms with Crippen LogP contribution in [-0.4, -0.2) is 34.8 Å². The first kappa shape index (κ1) is 14.6. The summed E-state index contributed by atoms with van der Waals surface area (Å²) < 4.78 is 5.47. The first-order valence-corrected chi connectivity index (χ1v) is 6.96. The Morgan fingerprint density at radius 3 is 2.45 bits per heavy atom. The van der Waals surface area contributed by atoms with Gasteiger partial charge in [-0.15, -0.1) is 0 Å². The van der Waals surface area contributed by atoms with Gasteiger partial charge in [-0.3, -0.25) is 9.59 Å². The maximum absolute atomic E-state index is 12.5. The number of hydrogen-bond acceptors (Lipinski definition) is 4. The number of primary amides is 1. The summed E-state index contributed by atoms with van der Waals surface area (Å²) in [7, 11) is 0. The lowest BCUT2D eigenvalue weighted by Gasteiger charge is -2.30. The Labute approximate surface area is 118 Å². The summed E-state index contributed by atoms with van der Waals surface area (Å²) in [6.07, 6.45) is 1.23. The number of piperidine rings is 1. The van der Waals surface area contributed by atoms with Crippen LogP contribution >= 0.6 is 0 Å². The molecular formula is C14H21N3O3. The number of nitrogens with zero attached hydrogens (tertiary/aromatic N) is 2. The maximum Gasteiger partial charge on any atom is 0.291 e. The molecule has 0 aromatic carbocycles. The van der Waals surface area contributed by atoms with Crippen molar-refractivity contribution in [2.75, 3.05) is 13.1 Å². The molecule has 0 atom stereocenters. The van der Waals surface area contributed by atoms with Gasteiger partial charge in [-0.25, -0.2) is 4.98 Å². The molecular weight excluding hydrogens is 258 g/mol. The lowest BCUT2D eigenvalue weighted by Crippen LogP contribution is -2.41. The molecule has 110 valence electrons. The molecule has 6 nitrogen and oxygen atoms in total. The summed E-state index contributed by atoms with van der Waals surface area (Å²) in [5.41, 5.74) is 5.99. The Morgan fingerprint density at radius 1 is 1.35 bits per heavy atom. The van der Waals surface area contributed by atoms with Gasteiger partial charge < -0.3 is 15.1 Å². The van der Waals surface area contributed by atoms with Crippen molar-refractivity contribution in [1.29, 1.82) is 0 Å². The van der Waals surface area contributed by atoms with E-state index < -0.39 is 0 Å². The second-order valence-corrected chi connectivity index (χ2v) is 5.57. The molecule has 1 aliphatic rings. The zero-order valence-electron chi connectivity index (χ0n) is 12.2. The quantitative estimate of drug-likeness (QED) is 0.906. The van der Waals surface area contributed by atoms with E-state index in [9.17, 15) is 9.59 Å². The fourth-order valence-corrected chi connectivity index (χ4v) is 2.50. The lowest BCUT2D eigenvalue weighted by molar-refractivity contribution is -0.123. The summed E-state index contributed by atoms with van der Waals surface area (Å²) >= 11 is 0. The van der Waals surface area contributed by atoms with Crippen molar-refractivity contribution >= 4 is 11.8 Å². The van der Waals surface area contributed by atoms with Crippen molar-refractivity contribution in [3.8, 4) is 0 Å². The van der Waals surface area contributed by atoms with Gasteiger partial charge >= 0.3 is 0 Å². The molecule has 1 aromatic heterocycles. The lowest BCUT2D eigenvalue weighted by atomic mass is 9.96. The topological polar surface area (TPSA) is 89.4 Å². The SMILES string of the molecule is Cc1nc(C(C)C)c(C(=O)N2CCC(C(N)=O)CC2)o1. The minimum absolute atomic E-state index is 0.125. The predicted molar refractivity (Wildman–Crippen MR) is 73.2 cm³/mol. The van der Waals surface area contributed by atoms with Gasteiger partial charge in [0.1, 0.15) is 0 Å². The molecule has 2 heterocycles. The van der Waals surface area contributed by atoms with Gasteiger partial charge in [0.2, 0.25) is 11.7 Å². The van der Waals surface area contributed by atoms with Gasteiger partial charge in [0.15, 0.2) is 5.89 Å². The number of hydrogen-bond donors (Lipinski definition) is 1. The van der Waals surface area contributed by atoms with Crippen LogP contribution < -0.4 is 5.73 Å². The molecule has 2 rings (SSSR count). The number of nitrogens with two attached hydrogens (primary N) is 1. The standard InChI is InChI=1S/C14H21N3O3/c1-8(2)11-12(20-9(3)16-11)14(19)17-6-4-10(5-7-17)13(15)18/h8,10H,4-7H2,1-3H3,(H2,15,18). The number of carbonyl (C=O) groups excluding carboxylic acids is 2.